The number of rotatable bonds is 4. The molecule has 0 unspecified atom stereocenters. The van der Waals surface area contributed by atoms with Crippen molar-refractivity contribution in [1.29, 1.82) is 0 Å². The molecule has 18 heavy (non-hydrogen) atoms. The van der Waals surface area contributed by atoms with Gasteiger partial charge in [-0.2, -0.15) is 5.06 Å². The van der Waals surface area contributed by atoms with Gasteiger partial charge in [0.1, 0.15) is 6.10 Å². The lowest BCUT2D eigenvalue weighted by atomic mass is 9.80. The van der Waals surface area contributed by atoms with Crippen molar-refractivity contribution >= 4 is 5.97 Å². The molecular weight excluding hydrogens is 230 g/mol. The van der Waals surface area contributed by atoms with Gasteiger partial charge in [0.15, 0.2) is 0 Å². The predicted molar refractivity (Wildman–Crippen MR) is 70.4 cm³/mol. The van der Waals surface area contributed by atoms with E-state index in [2.05, 4.69) is 6.92 Å². The first-order chi connectivity index (χ1) is 8.19. The molecule has 0 spiro atoms. The highest BCUT2D eigenvalue weighted by Gasteiger charge is 2.46. The number of unbranched alkanes of at least 4 members (excludes halogenated alkanes) is 1. The maximum absolute atomic E-state index is 11.7. The molecule has 0 radical (unpaired) electrons. The molecule has 0 atom stereocenters. The Morgan fingerprint density at radius 1 is 1.28 bits per heavy atom. The molecule has 1 saturated heterocycles. The maximum Gasteiger partial charge on any atom is 0.306 e. The minimum atomic E-state index is -0.364. The summed E-state index contributed by atoms with van der Waals surface area (Å²) in [6.45, 7) is 9.95. The Labute approximate surface area is 110 Å². The second-order valence-electron chi connectivity index (χ2n) is 6.56. The number of esters is 1. The summed E-state index contributed by atoms with van der Waals surface area (Å²) in [6, 6.07) is 0. The predicted octanol–water partition coefficient (Wildman–Crippen LogP) is 3.13. The molecule has 0 aliphatic carbocycles. The van der Waals surface area contributed by atoms with Gasteiger partial charge in [-0.25, -0.2) is 0 Å². The number of hydrogen-bond donors (Lipinski definition) is 1. The third kappa shape index (κ3) is 3.69. The second-order valence-corrected chi connectivity index (χ2v) is 6.56. The summed E-state index contributed by atoms with van der Waals surface area (Å²) in [7, 11) is 0. The highest BCUT2D eigenvalue weighted by Crippen LogP contribution is 2.37. The molecule has 0 amide bonds. The highest BCUT2D eigenvalue weighted by molar-refractivity contribution is 5.69. The van der Waals surface area contributed by atoms with Crippen LogP contribution in [-0.2, 0) is 9.53 Å². The van der Waals surface area contributed by atoms with E-state index in [1.54, 1.807) is 0 Å². The Morgan fingerprint density at radius 2 is 1.78 bits per heavy atom. The number of nitrogens with zero attached hydrogens (tertiary/aromatic N) is 1. The number of hydrogen-bond acceptors (Lipinski definition) is 4. The Kier molecular flexibility index (Phi) is 4.78. The Hall–Kier alpha value is -0.610. The summed E-state index contributed by atoms with van der Waals surface area (Å²) in [5.41, 5.74) is -0.727. The first-order valence-electron chi connectivity index (χ1n) is 6.88. The minimum Gasteiger partial charge on any atom is -0.462 e. The molecule has 4 heteroatoms. The molecule has 1 aliphatic rings. The summed E-state index contributed by atoms with van der Waals surface area (Å²) in [5.74, 6) is -0.111. The molecule has 0 bridgehead atoms. The molecule has 0 aromatic carbocycles. The fourth-order valence-electron chi connectivity index (χ4n) is 2.83. The van der Waals surface area contributed by atoms with Gasteiger partial charge in [-0.15, -0.1) is 0 Å². The zero-order valence-electron chi connectivity index (χ0n) is 12.3. The van der Waals surface area contributed by atoms with Gasteiger partial charge in [-0.05, 0) is 34.1 Å². The van der Waals surface area contributed by atoms with Crippen LogP contribution in [0.5, 0.6) is 0 Å². The number of carbonyl (C=O) groups is 1. The van der Waals surface area contributed by atoms with Gasteiger partial charge in [0, 0.05) is 30.3 Å². The number of ether oxygens (including phenoxy) is 1. The van der Waals surface area contributed by atoms with Crippen LogP contribution in [0.4, 0.5) is 0 Å². The normalized spacial score (nSPS) is 23.9. The number of piperidine rings is 1. The van der Waals surface area contributed by atoms with Crippen LogP contribution in [0.15, 0.2) is 0 Å². The van der Waals surface area contributed by atoms with Crippen LogP contribution in [-0.4, -0.2) is 33.4 Å². The van der Waals surface area contributed by atoms with E-state index < -0.39 is 0 Å². The van der Waals surface area contributed by atoms with Crippen molar-refractivity contribution < 1.29 is 14.7 Å². The Balaban J connectivity index is 2.61. The molecule has 1 N–H and O–H groups in total. The van der Waals surface area contributed by atoms with E-state index >= 15 is 0 Å². The second kappa shape index (κ2) is 5.57. The van der Waals surface area contributed by atoms with E-state index in [1.807, 2.05) is 27.7 Å². The Morgan fingerprint density at radius 3 is 2.22 bits per heavy atom. The van der Waals surface area contributed by atoms with Crippen molar-refractivity contribution in [1.82, 2.24) is 5.06 Å². The standard InChI is InChI=1S/C14H27NO3/c1-6-7-8-12(16)18-11-9-13(2,3)15(17)14(4,5)10-11/h11,17H,6-10H2,1-5H3. The lowest BCUT2D eigenvalue weighted by molar-refractivity contribution is -0.259. The highest BCUT2D eigenvalue weighted by atomic mass is 16.5. The smallest absolute Gasteiger partial charge is 0.306 e. The van der Waals surface area contributed by atoms with Crippen LogP contribution < -0.4 is 0 Å². The van der Waals surface area contributed by atoms with Crippen LogP contribution in [0.25, 0.3) is 0 Å². The van der Waals surface area contributed by atoms with Crippen LogP contribution in [0.1, 0.15) is 66.7 Å². The van der Waals surface area contributed by atoms with Crippen molar-refractivity contribution in [2.45, 2.75) is 83.9 Å². The fraction of sp³-hybridized carbons (Fsp3) is 0.929. The number of hydroxylamine groups is 2. The van der Waals surface area contributed by atoms with Crippen molar-refractivity contribution in [2.75, 3.05) is 0 Å². The van der Waals surface area contributed by atoms with Gasteiger partial charge in [-0.3, -0.25) is 4.79 Å². The molecule has 4 nitrogen and oxygen atoms in total. The van der Waals surface area contributed by atoms with E-state index in [0.29, 0.717) is 19.3 Å². The summed E-state index contributed by atoms with van der Waals surface area (Å²) < 4.78 is 5.54. The maximum atomic E-state index is 11.7. The van der Waals surface area contributed by atoms with Gasteiger partial charge in [0.05, 0.1) is 0 Å². The fourth-order valence-corrected chi connectivity index (χ4v) is 2.83. The van der Waals surface area contributed by atoms with E-state index in [4.69, 9.17) is 4.74 Å². The summed E-state index contributed by atoms with van der Waals surface area (Å²) >= 11 is 0. The lowest BCUT2D eigenvalue weighted by Gasteiger charge is -2.50. The van der Waals surface area contributed by atoms with Crippen molar-refractivity contribution in [3.05, 3.63) is 0 Å². The van der Waals surface area contributed by atoms with Crippen LogP contribution >= 0.6 is 0 Å². The van der Waals surface area contributed by atoms with Gasteiger partial charge in [-0.1, -0.05) is 13.3 Å². The molecule has 1 fully saturated rings. The van der Waals surface area contributed by atoms with Crippen molar-refractivity contribution in [2.24, 2.45) is 0 Å². The molecule has 1 rings (SSSR count). The van der Waals surface area contributed by atoms with E-state index in [1.165, 1.54) is 5.06 Å². The Bertz CT molecular complexity index is 281. The third-order valence-corrected chi connectivity index (χ3v) is 3.63. The van der Waals surface area contributed by atoms with E-state index in [-0.39, 0.29) is 23.2 Å². The van der Waals surface area contributed by atoms with E-state index in [9.17, 15) is 10.0 Å². The molecule has 1 aliphatic heterocycles. The van der Waals surface area contributed by atoms with Gasteiger partial charge < -0.3 is 9.94 Å². The van der Waals surface area contributed by atoms with Gasteiger partial charge >= 0.3 is 5.97 Å². The van der Waals surface area contributed by atoms with Crippen molar-refractivity contribution in [3.8, 4) is 0 Å². The lowest BCUT2D eigenvalue weighted by Crippen LogP contribution is -2.60. The SMILES string of the molecule is CCCCC(=O)OC1CC(C)(C)N(O)C(C)(C)C1. The molecular formula is C14H27NO3. The summed E-state index contributed by atoms with van der Waals surface area (Å²) in [6.07, 6.45) is 3.63. The molecule has 106 valence electrons. The summed E-state index contributed by atoms with van der Waals surface area (Å²) in [5, 5.41) is 11.6. The van der Waals surface area contributed by atoms with Crippen LogP contribution in [0.3, 0.4) is 0 Å². The third-order valence-electron chi connectivity index (χ3n) is 3.63. The van der Waals surface area contributed by atoms with Crippen LogP contribution in [0, 0.1) is 0 Å². The summed E-state index contributed by atoms with van der Waals surface area (Å²) in [4.78, 5) is 11.7. The van der Waals surface area contributed by atoms with E-state index in [0.717, 1.165) is 12.8 Å². The minimum absolute atomic E-state index is 0.0947. The topological polar surface area (TPSA) is 49.8 Å². The van der Waals surface area contributed by atoms with Gasteiger partial charge in [0.2, 0.25) is 0 Å². The van der Waals surface area contributed by atoms with Crippen LogP contribution in [0.2, 0.25) is 0 Å². The quantitative estimate of drug-likeness (QED) is 0.786. The molecule has 0 aromatic rings. The molecule has 0 aromatic heterocycles. The first kappa shape index (κ1) is 15.4. The number of carbonyl (C=O) groups excluding carboxylic acids is 1. The van der Waals surface area contributed by atoms with Gasteiger partial charge in [0.25, 0.3) is 0 Å². The average Bonchev–Trinajstić information content (AvgIpc) is 2.22. The molecule has 0 saturated carbocycles. The largest absolute Gasteiger partial charge is 0.462 e. The zero-order chi connectivity index (χ0) is 14.0. The zero-order valence-corrected chi connectivity index (χ0v) is 12.3. The van der Waals surface area contributed by atoms with Crippen molar-refractivity contribution in [3.63, 3.8) is 0 Å². The molecule has 1 heterocycles. The average molecular weight is 257 g/mol. The monoisotopic (exact) mass is 257 g/mol. The first-order valence-corrected chi connectivity index (χ1v) is 6.88.